The molecule has 22 nitrogen and oxygen atoms in total. The molecule has 1 aliphatic rings. The number of aromatic nitrogens is 2. The Morgan fingerprint density at radius 3 is 2.13 bits per heavy atom. The molecular weight excluding hydrogens is 1020 g/mol. The molecule has 0 bridgehead atoms. The lowest BCUT2D eigenvalue weighted by atomic mass is 9.82. The minimum atomic E-state index is -1.75. The Hall–Kier alpha value is -8.41. The molecule has 7 N–H and O–H groups in total. The Labute approximate surface area is 449 Å². The van der Waals surface area contributed by atoms with E-state index in [1.54, 1.807) is 49.7 Å². The van der Waals surface area contributed by atoms with Gasteiger partial charge in [0.2, 0.25) is 41.4 Å². The maximum absolute atomic E-state index is 15.4. The van der Waals surface area contributed by atoms with Crippen molar-refractivity contribution in [2.24, 2.45) is 11.1 Å². The predicted molar refractivity (Wildman–Crippen MR) is 276 cm³/mol. The van der Waals surface area contributed by atoms with Crippen LogP contribution in [-0.2, 0) is 65.7 Å². The number of aliphatic hydroxyl groups excluding tert-OH is 1. The van der Waals surface area contributed by atoms with E-state index < -0.39 is 126 Å². The van der Waals surface area contributed by atoms with Gasteiger partial charge in [-0.3, -0.25) is 48.1 Å². The maximum atomic E-state index is 15.4. The lowest BCUT2D eigenvalue weighted by Crippen LogP contribution is -2.58. The van der Waals surface area contributed by atoms with E-state index in [0.717, 1.165) is 28.7 Å². The Morgan fingerprint density at radius 2 is 1.50 bits per heavy atom. The summed E-state index contributed by atoms with van der Waals surface area (Å²) in [5.41, 5.74) is 6.71. The number of primary amides is 1. The summed E-state index contributed by atoms with van der Waals surface area (Å²) in [5, 5.41) is 21.0. The van der Waals surface area contributed by atoms with E-state index in [1.165, 1.54) is 38.2 Å². The van der Waals surface area contributed by atoms with Crippen LogP contribution in [0.25, 0.3) is 11.1 Å². The highest BCUT2D eigenvalue weighted by atomic mass is 19.1. The molecule has 5 rings (SSSR count). The van der Waals surface area contributed by atoms with Crippen molar-refractivity contribution in [1.29, 1.82) is 0 Å². The molecule has 9 amide bonds. The van der Waals surface area contributed by atoms with Gasteiger partial charge in [-0.05, 0) is 79.6 Å². The van der Waals surface area contributed by atoms with E-state index in [0.29, 0.717) is 16.3 Å². The minimum absolute atomic E-state index is 0.0559. The zero-order valence-electron chi connectivity index (χ0n) is 44.3. The number of halogens is 2. The van der Waals surface area contributed by atoms with Crippen molar-refractivity contribution in [3.05, 3.63) is 114 Å². The lowest BCUT2D eigenvalue weighted by molar-refractivity contribution is -0.197. The molecule has 0 spiro atoms. The van der Waals surface area contributed by atoms with Crippen LogP contribution in [0.5, 0.6) is 0 Å². The number of likely N-dealkylation sites (N-methyl/N-ethyl adjacent to an activating group) is 1. The molecule has 418 valence electrons. The highest BCUT2D eigenvalue weighted by Gasteiger charge is 2.39. The van der Waals surface area contributed by atoms with Crippen molar-refractivity contribution in [3.8, 4) is 11.1 Å². The summed E-state index contributed by atoms with van der Waals surface area (Å²) in [6.07, 6.45) is 2.65. The van der Waals surface area contributed by atoms with E-state index in [9.17, 15) is 57.4 Å². The van der Waals surface area contributed by atoms with Crippen LogP contribution in [0.1, 0.15) is 96.0 Å². The second-order valence-corrected chi connectivity index (χ2v) is 19.9. The van der Waals surface area contributed by atoms with Crippen LogP contribution in [0.2, 0.25) is 0 Å². The number of carbonyl (C=O) groups is 10. The van der Waals surface area contributed by atoms with Crippen LogP contribution in [-0.4, -0.2) is 140 Å². The lowest BCUT2D eigenvalue weighted by Gasteiger charge is -2.41. The molecule has 78 heavy (non-hydrogen) atoms. The second-order valence-electron chi connectivity index (χ2n) is 19.9. The molecule has 0 unspecified atom stereocenters. The van der Waals surface area contributed by atoms with Gasteiger partial charge in [0, 0.05) is 81.4 Å². The van der Waals surface area contributed by atoms with Gasteiger partial charge in [0.25, 0.3) is 11.8 Å². The zero-order valence-corrected chi connectivity index (χ0v) is 44.3. The monoisotopic (exact) mass is 1080 g/mol. The van der Waals surface area contributed by atoms with Crippen molar-refractivity contribution >= 4 is 59.1 Å². The van der Waals surface area contributed by atoms with Gasteiger partial charge in [0.15, 0.2) is 0 Å². The molecule has 0 aliphatic carbocycles. The van der Waals surface area contributed by atoms with Gasteiger partial charge in [0.1, 0.15) is 42.4 Å². The van der Waals surface area contributed by atoms with Crippen LogP contribution in [0, 0.1) is 17.0 Å². The molecule has 4 aromatic rings. The van der Waals surface area contributed by atoms with Gasteiger partial charge in [-0.1, -0.05) is 51.1 Å². The molecular formula is C54H66F2N10O12. The third kappa shape index (κ3) is 16.8. The summed E-state index contributed by atoms with van der Waals surface area (Å²) in [6.45, 7) is 6.70. The van der Waals surface area contributed by atoms with Crippen molar-refractivity contribution in [2.45, 2.75) is 116 Å². The predicted octanol–water partition coefficient (Wildman–Crippen LogP) is 2.12. The standard InChI is InChI=1S/C54H66F2N10O12/c1-32(60-44(69)25-34-18-22-58-23-19-34)53(77)63(6)33(2)50(74)62-41(28-43(57)68)52(76)61-40(51(75)59-21-10-13-48(73)78-66-45(70)16-17-46(66)71)20-24-65(47(72)31-67)49(54(3,4)5)42-26-36(38-27-37(55)14-15-39(38)56)30-64(42)29-35-11-8-7-9-12-35/h7-9,11-12,14-15,18-19,22-23,26-27,30,32-33,40-41,49,67H,10,13,16-17,20-21,24-25,28-29,31H2,1-6H3,(H2,57,68)(H,59,75)(H,60,69)(H,61,76)(H,62,74)/t32-,33-,40-,41-,49-/m0/s1. The van der Waals surface area contributed by atoms with Crippen LogP contribution >= 0.6 is 0 Å². The Balaban J connectivity index is 1.42. The van der Waals surface area contributed by atoms with Crippen LogP contribution < -0.4 is 27.0 Å². The molecule has 2 aromatic heterocycles. The minimum Gasteiger partial charge on any atom is -0.387 e. The van der Waals surface area contributed by atoms with E-state index in [1.807, 2.05) is 30.3 Å². The highest BCUT2D eigenvalue weighted by molar-refractivity contribution is 6.01. The molecule has 0 radical (unpaired) electrons. The number of amides is 9. The summed E-state index contributed by atoms with van der Waals surface area (Å²) in [7, 11) is 1.29. The third-order valence-corrected chi connectivity index (χ3v) is 12.8. The highest BCUT2D eigenvalue weighted by Crippen LogP contribution is 2.41. The van der Waals surface area contributed by atoms with Crippen molar-refractivity contribution < 1.29 is 66.7 Å². The summed E-state index contributed by atoms with van der Waals surface area (Å²) < 4.78 is 31.8. The van der Waals surface area contributed by atoms with Crippen molar-refractivity contribution in [3.63, 3.8) is 0 Å². The van der Waals surface area contributed by atoms with E-state index in [-0.39, 0.29) is 62.9 Å². The third-order valence-electron chi connectivity index (χ3n) is 12.8. The van der Waals surface area contributed by atoms with E-state index in [4.69, 9.17) is 10.6 Å². The van der Waals surface area contributed by atoms with Crippen molar-refractivity contribution in [2.75, 3.05) is 26.7 Å². The number of hydroxylamine groups is 2. The molecule has 0 saturated carbocycles. The number of pyridine rings is 1. The number of nitrogens with zero attached hydrogens (tertiary/aromatic N) is 5. The normalized spacial score (nSPS) is 14.3. The number of imide groups is 1. The maximum Gasteiger partial charge on any atom is 0.333 e. The number of aliphatic hydroxyl groups is 1. The number of benzene rings is 2. The average molecular weight is 1090 g/mol. The first-order valence-corrected chi connectivity index (χ1v) is 25.2. The number of rotatable bonds is 26. The van der Waals surface area contributed by atoms with Gasteiger partial charge in [-0.2, -0.15) is 0 Å². The number of carbonyl (C=O) groups excluding carboxylic acids is 10. The fraction of sp³-hybridized carbons (Fsp3) is 0.426. The summed E-state index contributed by atoms with van der Waals surface area (Å²) >= 11 is 0. The van der Waals surface area contributed by atoms with Gasteiger partial charge < -0.3 is 51.3 Å². The zero-order chi connectivity index (χ0) is 57.4. The average Bonchev–Trinajstić information content (AvgIpc) is 3.96. The molecule has 1 fully saturated rings. The van der Waals surface area contributed by atoms with E-state index >= 15 is 4.39 Å². The van der Waals surface area contributed by atoms with E-state index in [2.05, 4.69) is 26.3 Å². The van der Waals surface area contributed by atoms with Gasteiger partial charge in [-0.25, -0.2) is 13.6 Å². The first-order valence-electron chi connectivity index (χ1n) is 25.2. The molecule has 1 aliphatic heterocycles. The molecule has 1 saturated heterocycles. The SMILES string of the molecule is C[C@H](NC(=O)Cc1ccncc1)C(=O)N(C)[C@@H](C)C(=O)N[C@@H](CC(N)=O)C(=O)N[C@@H](CCN(C(=O)CO)[C@@H](c1cc(-c2cc(F)ccc2F)cn1Cc1ccccc1)C(C)(C)C)C(=O)NCCCC(=O)ON1C(=O)CCC1=O. The molecule has 24 heteroatoms. The molecule has 2 aromatic carbocycles. The topological polar surface area (TPSA) is 302 Å². The number of hydrogen-bond acceptors (Lipinski definition) is 13. The Morgan fingerprint density at radius 1 is 0.846 bits per heavy atom. The summed E-state index contributed by atoms with van der Waals surface area (Å²) in [6, 6.07) is 10.3. The quantitative estimate of drug-likeness (QED) is 0.0389. The first kappa shape index (κ1) is 60.5. The van der Waals surface area contributed by atoms with Gasteiger partial charge in [0.05, 0.1) is 18.9 Å². The molecule has 3 heterocycles. The summed E-state index contributed by atoms with van der Waals surface area (Å²) in [4.78, 5) is 143. The largest absolute Gasteiger partial charge is 0.387 e. The fourth-order valence-electron chi connectivity index (χ4n) is 8.70. The van der Waals surface area contributed by atoms with Gasteiger partial charge >= 0.3 is 5.97 Å². The Bertz CT molecular complexity index is 2830. The fourth-order valence-corrected chi connectivity index (χ4v) is 8.70. The smallest absolute Gasteiger partial charge is 0.333 e. The number of nitrogens with one attached hydrogen (secondary N) is 4. The number of hydrogen-bond donors (Lipinski definition) is 6. The van der Waals surface area contributed by atoms with Crippen LogP contribution in [0.3, 0.4) is 0 Å². The van der Waals surface area contributed by atoms with Gasteiger partial charge in [-0.15, -0.1) is 5.06 Å². The van der Waals surface area contributed by atoms with Crippen molar-refractivity contribution in [1.82, 2.24) is 45.7 Å². The van der Waals surface area contributed by atoms with Crippen LogP contribution in [0.4, 0.5) is 8.78 Å². The second kappa shape index (κ2) is 27.6. The van der Waals surface area contributed by atoms with Crippen LogP contribution in [0.15, 0.2) is 85.3 Å². The number of nitrogens with two attached hydrogens (primary N) is 1. The molecule has 5 atom stereocenters. The first-order chi connectivity index (χ1) is 36.9. The Kier molecular flexibility index (Phi) is 21.4. The summed E-state index contributed by atoms with van der Waals surface area (Å²) in [5.74, 6) is -9.71.